The van der Waals surface area contributed by atoms with Crippen molar-refractivity contribution in [2.24, 2.45) is 0 Å². The molecule has 8 aromatic rings. The van der Waals surface area contributed by atoms with Crippen LogP contribution in [0.15, 0.2) is 164 Å². The first-order chi connectivity index (χ1) is 28.0. The highest BCUT2D eigenvalue weighted by Crippen LogP contribution is 2.62. The zero-order valence-electron chi connectivity index (χ0n) is 33.8. The van der Waals surface area contributed by atoms with Crippen LogP contribution < -0.4 is 4.74 Å². The molecule has 4 heteroatoms. The molecule has 0 bridgehead atoms. The van der Waals surface area contributed by atoms with E-state index in [4.69, 9.17) is 19.7 Å². The molecule has 6 aromatic carbocycles. The molecule has 282 valence electrons. The third-order valence-electron chi connectivity index (χ3n) is 11.8. The molecule has 0 N–H and O–H groups in total. The second-order valence-corrected chi connectivity index (χ2v) is 17.6. The third kappa shape index (κ3) is 5.69. The number of rotatable bonds is 4. The van der Waals surface area contributed by atoms with Gasteiger partial charge in [0.25, 0.3) is 0 Å². The van der Waals surface area contributed by atoms with E-state index in [1.165, 1.54) is 22.3 Å². The maximum atomic E-state index is 6.59. The number of nitrogens with zero attached hydrogens (tertiary/aromatic N) is 3. The molecule has 4 nitrogen and oxygen atoms in total. The van der Waals surface area contributed by atoms with Gasteiger partial charge in [-0.2, -0.15) is 0 Å². The molecule has 58 heavy (non-hydrogen) atoms. The van der Waals surface area contributed by atoms with Crippen molar-refractivity contribution in [1.82, 2.24) is 15.0 Å². The topological polar surface area (TPSA) is 47.9 Å². The highest BCUT2D eigenvalue weighted by Gasteiger charge is 2.51. The van der Waals surface area contributed by atoms with Crippen molar-refractivity contribution >= 4 is 0 Å². The van der Waals surface area contributed by atoms with E-state index >= 15 is 0 Å². The van der Waals surface area contributed by atoms with Crippen molar-refractivity contribution in [3.05, 3.63) is 197 Å². The Hall–Kier alpha value is -6.65. The van der Waals surface area contributed by atoms with Crippen molar-refractivity contribution < 1.29 is 4.74 Å². The minimum absolute atomic E-state index is 0.0350. The molecule has 0 atom stereocenters. The minimum atomic E-state index is -0.562. The first kappa shape index (κ1) is 35.7. The van der Waals surface area contributed by atoms with Gasteiger partial charge in [0.2, 0.25) is 0 Å². The molecule has 0 amide bonds. The van der Waals surface area contributed by atoms with Crippen LogP contribution in [0.5, 0.6) is 11.5 Å². The molecule has 0 fully saturated rings. The molecular formula is C54H45N3O. The van der Waals surface area contributed by atoms with Gasteiger partial charge in [-0.3, -0.25) is 4.98 Å². The van der Waals surface area contributed by atoms with Gasteiger partial charge in [-0.05, 0) is 58.1 Å². The van der Waals surface area contributed by atoms with E-state index in [1.807, 2.05) is 18.2 Å². The summed E-state index contributed by atoms with van der Waals surface area (Å²) in [5.41, 5.74) is 15.8. The Kier molecular flexibility index (Phi) is 8.14. The average Bonchev–Trinajstić information content (AvgIpc) is 3.53. The molecule has 1 aliphatic heterocycles. The number of fused-ring (bicyclic) bond motifs is 9. The summed E-state index contributed by atoms with van der Waals surface area (Å²) >= 11 is 0. The third-order valence-corrected chi connectivity index (χ3v) is 11.8. The van der Waals surface area contributed by atoms with E-state index < -0.39 is 5.41 Å². The molecule has 0 radical (unpaired) electrons. The first-order valence-electron chi connectivity index (χ1n) is 20.2. The van der Waals surface area contributed by atoms with E-state index in [-0.39, 0.29) is 10.8 Å². The van der Waals surface area contributed by atoms with Crippen molar-refractivity contribution in [3.8, 4) is 67.7 Å². The van der Waals surface area contributed by atoms with Crippen LogP contribution in [0.3, 0.4) is 0 Å². The molecule has 0 saturated heterocycles. The van der Waals surface area contributed by atoms with Crippen LogP contribution in [0.25, 0.3) is 56.2 Å². The lowest BCUT2D eigenvalue weighted by Gasteiger charge is -2.39. The monoisotopic (exact) mass is 751 g/mol. The minimum Gasteiger partial charge on any atom is -0.457 e. The summed E-state index contributed by atoms with van der Waals surface area (Å²) in [5, 5.41) is 0. The fraction of sp³-hybridized carbons (Fsp3) is 0.167. The Morgan fingerprint density at radius 2 is 0.931 bits per heavy atom. The Morgan fingerprint density at radius 3 is 1.59 bits per heavy atom. The second-order valence-electron chi connectivity index (χ2n) is 17.6. The normalized spacial score (nSPS) is 13.6. The zero-order valence-corrected chi connectivity index (χ0v) is 33.8. The van der Waals surface area contributed by atoms with Gasteiger partial charge in [-0.25, -0.2) is 9.97 Å². The molecular weight excluding hydrogens is 707 g/mol. The number of ether oxygens (including phenoxy) is 1. The Balaban J connectivity index is 1.14. The molecule has 3 heterocycles. The summed E-state index contributed by atoms with van der Waals surface area (Å²) in [6.07, 6.45) is 0. The highest BCUT2D eigenvalue weighted by molar-refractivity contribution is 5.90. The van der Waals surface area contributed by atoms with Gasteiger partial charge in [0.05, 0.1) is 22.5 Å². The zero-order chi connectivity index (χ0) is 39.8. The number of aromatic nitrogens is 3. The number of hydrogen-bond donors (Lipinski definition) is 0. The highest BCUT2D eigenvalue weighted by atomic mass is 16.5. The molecule has 1 aliphatic carbocycles. The van der Waals surface area contributed by atoms with E-state index in [1.54, 1.807) is 0 Å². The fourth-order valence-corrected chi connectivity index (χ4v) is 8.97. The molecule has 10 rings (SSSR count). The largest absolute Gasteiger partial charge is 0.457 e. The summed E-state index contributed by atoms with van der Waals surface area (Å²) in [6.45, 7) is 13.4. The summed E-state index contributed by atoms with van der Waals surface area (Å²) in [7, 11) is 0. The number of pyridine rings is 1. The summed E-state index contributed by atoms with van der Waals surface area (Å²) in [4.78, 5) is 15.7. The Labute approximate surface area is 341 Å². The quantitative estimate of drug-likeness (QED) is 0.180. The predicted octanol–water partition coefficient (Wildman–Crippen LogP) is 13.6. The average molecular weight is 752 g/mol. The maximum Gasteiger partial charge on any atom is 0.160 e. The van der Waals surface area contributed by atoms with Crippen LogP contribution >= 0.6 is 0 Å². The van der Waals surface area contributed by atoms with Crippen LogP contribution in [0.2, 0.25) is 0 Å². The van der Waals surface area contributed by atoms with Gasteiger partial charge >= 0.3 is 0 Å². The van der Waals surface area contributed by atoms with Gasteiger partial charge in [0, 0.05) is 49.9 Å². The van der Waals surface area contributed by atoms with Gasteiger partial charge in [-0.15, -0.1) is 0 Å². The van der Waals surface area contributed by atoms with Crippen molar-refractivity contribution in [2.75, 3.05) is 0 Å². The Morgan fingerprint density at radius 1 is 0.397 bits per heavy atom. The predicted molar refractivity (Wildman–Crippen MR) is 236 cm³/mol. The SMILES string of the molecule is CC(C)(C)c1ccc(-c2ccc(-c3cc(-c4ccc5c(c4)C4(c6ccccc6Oc6ccccc64)c4ccccc4-5)nc(-c4ccccc4)n3)cc2)c(C(C)(C)C)n1. The maximum absolute atomic E-state index is 6.59. The fourth-order valence-electron chi connectivity index (χ4n) is 8.97. The lowest BCUT2D eigenvalue weighted by Crippen LogP contribution is -2.32. The van der Waals surface area contributed by atoms with Crippen molar-refractivity contribution in [3.63, 3.8) is 0 Å². The first-order valence-corrected chi connectivity index (χ1v) is 20.2. The lowest BCUT2D eigenvalue weighted by molar-refractivity contribution is 0.436. The molecule has 0 unspecified atom stereocenters. The number of para-hydroxylation sites is 2. The summed E-state index contributed by atoms with van der Waals surface area (Å²) < 4.78 is 6.59. The van der Waals surface area contributed by atoms with Crippen LogP contribution in [0, 0.1) is 0 Å². The van der Waals surface area contributed by atoms with E-state index in [2.05, 4.69) is 187 Å². The van der Waals surface area contributed by atoms with Gasteiger partial charge in [0.1, 0.15) is 11.5 Å². The molecule has 2 aromatic heterocycles. The summed E-state index contributed by atoms with van der Waals surface area (Å²) in [6, 6.07) is 58.3. The number of hydrogen-bond acceptors (Lipinski definition) is 4. The van der Waals surface area contributed by atoms with Crippen LogP contribution in [0.4, 0.5) is 0 Å². The van der Waals surface area contributed by atoms with Crippen LogP contribution in [0.1, 0.15) is 75.2 Å². The van der Waals surface area contributed by atoms with Gasteiger partial charge in [0.15, 0.2) is 5.82 Å². The Bertz CT molecular complexity index is 2830. The summed E-state index contributed by atoms with van der Waals surface area (Å²) in [5.74, 6) is 2.45. The standard InChI is InChI=1S/C54H45N3O/c1-52(2,3)49-31-30-38(50(57-49)53(4,5)6)34-24-26-35(27-25-34)45-33-46(56-51(55-45)36-16-8-7-9-17-36)37-28-29-40-39-18-10-11-19-41(39)54(44(40)32-37)42-20-12-14-22-47(42)58-48-23-15-13-21-43(48)54/h7-33H,1-6H3. The van der Waals surface area contributed by atoms with E-state index in [0.717, 1.165) is 73.2 Å². The molecule has 0 saturated carbocycles. The van der Waals surface area contributed by atoms with Crippen LogP contribution in [-0.4, -0.2) is 15.0 Å². The van der Waals surface area contributed by atoms with E-state index in [0.29, 0.717) is 5.82 Å². The van der Waals surface area contributed by atoms with Crippen LogP contribution in [-0.2, 0) is 16.2 Å². The van der Waals surface area contributed by atoms with Gasteiger partial charge < -0.3 is 4.74 Å². The smallest absolute Gasteiger partial charge is 0.160 e. The van der Waals surface area contributed by atoms with Crippen molar-refractivity contribution in [2.45, 2.75) is 57.8 Å². The lowest BCUT2D eigenvalue weighted by atomic mass is 9.66. The van der Waals surface area contributed by atoms with E-state index in [9.17, 15) is 0 Å². The van der Waals surface area contributed by atoms with Gasteiger partial charge in [-0.1, -0.05) is 175 Å². The molecule has 2 aliphatic rings. The molecule has 1 spiro atoms. The second kappa shape index (κ2) is 13.2. The van der Waals surface area contributed by atoms with Crippen molar-refractivity contribution in [1.29, 1.82) is 0 Å². The number of benzene rings is 6.